The molecular formula is C17H22F3N5O3. The summed E-state index contributed by atoms with van der Waals surface area (Å²) < 4.78 is 40.1. The van der Waals surface area contributed by atoms with Crippen molar-refractivity contribution >= 4 is 11.4 Å². The average molecular weight is 401 g/mol. The van der Waals surface area contributed by atoms with Crippen LogP contribution in [0.1, 0.15) is 51.0 Å². The lowest BCUT2D eigenvalue weighted by atomic mass is 9.77. The quantitative estimate of drug-likeness (QED) is 0.783. The number of alkyl halides is 3. The van der Waals surface area contributed by atoms with E-state index in [0.717, 1.165) is 15.3 Å². The van der Waals surface area contributed by atoms with Gasteiger partial charge in [-0.05, 0) is 25.8 Å². The number of aromatic nitrogens is 4. The summed E-state index contributed by atoms with van der Waals surface area (Å²) in [5, 5.41) is 20.5. The van der Waals surface area contributed by atoms with Crippen molar-refractivity contribution in [3.8, 4) is 0 Å². The van der Waals surface area contributed by atoms with Gasteiger partial charge in [0, 0.05) is 12.0 Å². The number of hydrogen-bond donors (Lipinski definition) is 2. The third-order valence-corrected chi connectivity index (χ3v) is 4.58. The monoisotopic (exact) mass is 401 g/mol. The van der Waals surface area contributed by atoms with Crippen molar-refractivity contribution in [2.75, 3.05) is 0 Å². The van der Waals surface area contributed by atoms with Gasteiger partial charge in [-0.2, -0.15) is 23.4 Å². The minimum absolute atomic E-state index is 0.0580. The van der Waals surface area contributed by atoms with E-state index in [0.29, 0.717) is 12.8 Å². The van der Waals surface area contributed by atoms with Crippen LogP contribution in [-0.2, 0) is 17.8 Å². The number of aliphatic hydroxyl groups is 1. The molecule has 1 aliphatic rings. The molecule has 11 heteroatoms. The maximum atomic E-state index is 12.7. The number of hydrogen-bond acceptors (Lipinski definition) is 5. The lowest BCUT2D eigenvalue weighted by molar-refractivity contribution is -0.128. The summed E-state index contributed by atoms with van der Waals surface area (Å²) in [5.41, 5.74) is -1.84. The van der Waals surface area contributed by atoms with E-state index >= 15 is 0 Å². The van der Waals surface area contributed by atoms with Crippen LogP contribution in [0.15, 0.2) is 10.9 Å². The first-order valence-electron chi connectivity index (χ1n) is 8.93. The minimum Gasteiger partial charge on any atom is -0.390 e. The zero-order chi connectivity index (χ0) is 20.9. The molecule has 0 bridgehead atoms. The zero-order valence-electron chi connectivity index (χ0n) is 15.7. The second kappa shape index (κ2) is 6.87. The molecule has 2 heterocycles. The first kappa shape index (κ1) is 20.3. The van der Waals surface area contributed by atoms with Gasteiger partial charge in [0.25, 0.3) is 5.56 Å². The summed E-state index contributed by atoms with van der Waals surface area (Å²) in [6.45, 7) is 4.83. The number of rotatable bonds is 5. The van der Waals surface area contributed by atoms with Crippen molar-refractivity contribution in [2.45, 2.75) is 70.3 Å². The Morgan fingerprint density at radius 2 is 2.04 bits per heavy atom. The van der Waals surface area contributed by atoms with Crippen LogP contribution >= 0.6 is 0 Å². The van der Waals surface area contributed by atoms with Crippen LogP contribution in [0.25, 0.3) is 5.52 Å². The van der Waals surface area contributed by atoms with E-state index in [-0.39, 0.29) is 35.5 Å². The number of nitrogens with zero attached hydrogens (tertiary/aromatic N) is 4. The molecule has 2 aromatic rings. The molecule has 28 heavy (non-hydrogen) atoms. The van der Waals surface area contributed by atoms with Gasteiger partial charge in [0.1, 0.15) is 12.1 Å². The highest BCUT2D eigenvalue weighted by molar-refractivity contribution is 5.76. The number of carbonyl (C=O) groups is 1. The van der Waals surface area contributed by atoms with Gasteiger partial charge in [-0.3, -0.25) is 9.59 Å². The number of halogens is 3. The predicted molar refractivity (Wildman–Crippen MR) is 92.9 cm³/mol. The molecule has 0 unspecified atom stereocenters. The van der Waals surface area contributed by atoms with Crippen LogP contribution in [0.5, 0.6) is 0 Å². The van der Waals surface area contributed by atoms with Crippen LogP contribution in [-0.4, -0.2) is 48.2 Å². The maximum absolute atomic E-state index is 12.7. The smallest absolute Gasteiger partial charge is 0.390 e. The molecule has 154 valence electrons. The first-order valence-corrected chi connectivity index (χ1v) is 8.93. The van der Waals surface area contributed by atoms with E-state index < -0.39 is 29.7 Å². The molecule has 3 rings (SSSR count). The molecule has 0 aromatic carbocycles. The largest absolute Gasteiger partial charge is 0.394 e. The van der Waals surface area contributed by atoms with Crippen LogP contribution in [0.3, 0.4) is 0 Å². The zero-order valence-corrected chi connectivity index (χ0v) is 15.7. The normalized spacial score (nSPS) is 22.5. The van der Waals surface area contributed by atoms with E-state index in [2.05, 4.69) is 15.5 Å². The number of amides is 1. The highest BCUT2D eigenvalue weighted by atomic mass is 19.4. The fourth-order valence-electron chi connectivity index (χ4n) is 3.37. The SMILES string of the molecule is CC(C)c1nn(CC(=O)N[C@H]2C[C@@](C)(O)C2)c(=O)c2cc(CC(F)(F)F)nn12. The van der Waals surface area contributed by atoms with Gasteiger partial charge in [-0.15, -0.1) is 0 Å². The Labute approximate surface area is 158 Å². The average Bonchev–Trinajstić information content (AvgIpc) is 2.89. The number of nitrogens with one attached hydrogen (secondary N) is 1. The molecule has 1 aliphatic carbocycles. The summed E-state index contributed by atoms with van der Waals surface area (Å²) >= 11 is 0. The van der Waals surface area contributed by atoms with E-state index in [1.807, 2.05) is 0 Å². The molecule has 1 fully saturated rings. The van der Waals surface area contributed by atoms with Crippen LogP contribution < -0.4 is 10.9 Å². The van der Waals surface area contributed by atoms with Gasteiger partial charge in [-0.25, -0.2) is 9.20 Å². The topological polar surface area (TPSA) is 102 Å². The third kappa shape index (κ3) is 4.34. The fraction of sp³-hybridized carbons (Fsp3) is 0.647. The number of fused-ring (bicyclic) bond motifs is 1. The Morgan fingerprint density at radius 1 is 1.39 bits per heavy atom. The van der Waals surface area contributed by atoms with Crippen molar-refractivity contribution in [3.63, 3.8) is 0 Å². The highest BCUT2D eigenvalue weighted by Crippen LogP contribution is 2.31. The first-order chi connectivity index (χ1) is 12.8. The Balaban J connectivity index is 1.89. The Hall–Kier alpha value is -2.43. The molecule has 1 amide bonds. The van der Waals surface area contributed by atoms with E-state index in [9.17, 15) is 27.9 Å². The molecule has 0 saturated heterocycles. The van der Waals surface area contributed by atoms with E-state index in [1.54, 1.807) is 20.8 Å². The van der Waals surface area contributed by atoms with Crippen LogP contribution in [0, 0.1) is 0 Å². The van der Waals surface area contributed by atoms with Crippen molar-refractivity contribution in [1.82, 2.24) is 24.7 Å². The van der Waals surface area contributed by atoms with E-state index in [1.165, 1.54) is 0 Å². The molecule has 2 aromatic heterocycles. The van der Waals surface area contributed by atoms with Crippen molar-refractivity contribution < 1.29 is 23.1 Å². The van der Waals surface area contributed by atoms with Crippen molar-refractivity contribution in [2.24, 2.45) is 0 Å². The Kier molecular flexibility index (Phi) is 4.98. The molecule has 8 nitrogen and oxygen atoms in total. The lowest BCUT2D eigenvalue weighted by Gasteiger charge is -2.41. The summed E-state index contributed by atoms with van der Waals surface area (Å²) in [6.07, 6.45) is -4.87. The third-order valence-electron chi connectivity index (χ3n) is 4.58. The molecule has 0 atom stereocenters. The number of carbonyl (C=O) groups excluding carboxylic acids is 1. The minimum atomic E-state index is -4.45. The van der Waals surface area contributed by atoms with Gasteiger partial charge in [0.15, 0.2) is 5.82 Å². The highest BCUT2D eigenvalue weighted by Gasteiger charge is 2.39. The molecule has 1 saturated carbocycles. The van der Waals surface area contributed by atoms with Gasteiger partial charge < -0.3 is 10.4 Å². The van der Waals surface area contributed by atoms with Crippen molar-refractivity contribution in [3.05, 3.63) is 27.9 Å². The maximum Gasteiger partial charge on any atom is 0.394 e. The van der Waals surface area contributed by atoms with E-state index in [4.69, 9.17) is 0 Å². The fourth-order valence-corrected chi connectivity index (χ4v) is 3.37. The summed E-state index contributed by atoms with van der Waals surface area (Å²) in [5.74, 6) is -0.413. The van der Waals surface area contributed by atoms with Gasteiger partial charge in [0.2, 0.25) is 5.91 Å². The van der Waals surface area contributed by atoms with Crippen molar-refractivity contribution in [1.29, 1.82) is 0 Å². The second-order valence-electron chi connectivity index (χ2n) is 7.87. The predicted octanol–water partition coefficient (Wildman–Crippen LogP) is 1.15. The molecule has 2 N–H and O–H groups in total. The molecular weight excluding hydrogens is 379 g/mol. The molecule has 0 radical (unpaired) electrons. The van der Waals surface area contributed by atoms with Gasteiger partial charge in [-0.1, -0.05) is 13.8 Å². The Morgan fingerprint density at radius 3 is 2.57 bits per heavy atom. The Bertz CT molecular complexity index is 953. The summed E-state index contributed by atoms with van der Waals surface area (Å²) in [4.78, 5) is 24.9. The van der Waals surface area contributed by atoms with Gasteiger partial charge >= 0.3 is 6.18 Å². The molecule has 0 aliphatic heterocycles. The van der Waals surface area contributed by atoms with Crippen LogP contribution in [0.4, 0.5) is 13.2 Å². The summed E-state index contributed by atoms with van der Waals surface area (Å²) in [7, 11) is 0. The second-order valence-corrected chi connectivity index (χ2v) is 7.87. The van der Waals surface area contributed by atoms with Gasteiger partial charge in [0.05, 0.1) is 17.7 Å². The summed E-state index contributed by atoms with van der Waals surface area (Å²) in [6, 6.07) is 0.904. The standard InChI is InChI=1S/C17H22F3N5O3/c1-9(2)14-23-24(8-13(26)21-11-5-16(3,28)6-11)15(27)12-4-10(22-25(12)14)7-17(18,19)20/h4,9,11,28H,5-8H2,1-3H3,(H,21,26)/t11-,16+. The lowest BCUT2D eigenvalue weighted by Crippen LogP contribution is -2.54. The van der Waals surface area contributed by atoms with Crippen LogP contribution in [0.2, 0.25) is 0 Å². The molecule has 0 spiro atoms.